The molecule has 76 valence electrons. The lowest BCUT2D eigenvalue weighted by atomic mass is 10.1. The van der Waals surface area contributed by atoms with Gasteiger partial charge in [0, 0.05) is 6.42 Å². The normalized spacial score (nSPS) is 27.5. The van der Waals surface area contributed by atoms with E-state index in [0.29, 0.717) is 13.2 Å². The molecular weight excluding hydrogens is 180 g/mol. The highest BCUT2D eigenvalue weighted by Crippen LogP contribution is 2.11. The molecule has 0 aromatic heterocycles. The summed E-state index contributed by atoms with van der Waals surface area (Å²) in [5, 5.41) is 9.14. The Labute approximate surface area is 83.3 Å². The van der Waals surface area contributed by atoms with Crippen LogP contribution in [0.25, 0.3) is 0 Å². The van der Waals surface area contributed by atoms with E-state index < -0.39 is 6.10 Å². The summed E-state index contributed by atoms with van der Waals surface area (Å²) >= 11 is 0. The van der Waals surface area contributed by atoms with E-state index in [1.807, 2.05) is 30.3 Å². The van der Waals surface area contributed by atoms with Crippen LogP contribution < -0.4 is 0 Å². The van der Waals surface area contributed by atoms with Crippen molar-refractivity contribution in [1.82, 2.24) is 0 Å². The predicted octanol–water partition coefficient (Wildman–Crippen LogP) is 0.963. The molecule has 3 nitrogen and oxygen atoms in total. The second-order valence-corrected chi connectivity index (χ2v) is 3.44. The highest BCUT2D eigenvalue weighted by molar-refractivity contribution is 5.15. The molecule has 1 heterocycles. The maximum Gasteiger partial charge on any atom is 0.161 e. The molecule has 1 aromatic rings. The first-order valence-electron chi connectivity index (χ1n) is 4.80. The number of ether oxygens (including phenoxy) is 2. The van der Waals surface area contributed by atoms with Crippen LogP contribution in [0.3, 0.4) is 0 Å². The number of hydrogen-bond donors (Lipinski definition) is 1. The van der Waals surface area contributed by atoms with Gasteiger partial charge in [0.1, 0.15) is 6.10 Å². The van der Waals surface area contributed by atoms with Crippen LogP contribution in [0.15, 0.2) is 30.3 Å². The lowest BCUT2D eigenvalue weighted by molar-refractivity contribution is -0.214. The van der Waals surface area contributed by atoms with Crippen LogP contribution in [-0.2, 0) is 15.9 Å². The Morgan fingerprint density at radius 1 is 1.14 bits per heavy atom. The molecule has 0 saturated carbocycles. The van der Waals surface area contributed by atoms with Gasteiger partial charge in [-0.2, -0.15) is 0 Å². The first-order valence-corrected chi connectivity index (χ1v) is 4.80. The number of hydrogen-bond acceptors (Lipinski definition) is 3. The second kappa shape index (κ2) is 4.55. The van der Waals surface area contributed by atoms with Crippen molar-refractivity contribution < 1.29 is 14.6 Å². The van der Waals surface area contributed by atoms with E-state index in [4.69, 9.17) is 14.6 Å². The summed E-state index contributed by atoms with van der Waals surface area (Å²) in [7, 11) is 0. The van der Waals surface area contributed by atoms with Crippen molar-refractivity contribution in [2.75, 3.05) is 13.2 Å². The van der Waals surface area contributed by atoms with Crippen LogP contribution in [0.5, 0.6) is 0 Å². The van der Waals surface area contributed by atoms with Crippen LogP contribution in [0.4, 0.5) is 0 Å². The first kappa shape index (κ1) is 9.65. The molecule has 1 N–H and O–H groups in total. The molecule has 14 heavy (non-hydrogen) atoms. The van der Waals surface area contributed by atoms with E-state index in [0.717, 1.165) is 6.42 Å². The van der Waals surface area contributed by atoms with Gasteiger partial charge in [0.15, 0.2) is 6.29 Å². The molecule has 1 fully saturated rings. The smallest absolute Gasteiger partial charge is 0.161 e. The number of aliphatic hydroxyl groups is 1. The maximum atomic E-state index is 9.14. The molecule has 0 bridgehead atoms. The Bertz CT molecular complexity index is 265. The molecule has 2 rings (SSSR count). The van der Waals surface area contributed by atoms with Crippen LogP contribution >= 0.6 is 0 Å². The molecule has 0 atom stereocenters. The van der Waals surface area contributed by atoms with Gasteiger partial charge in [-0.05, 0) is 5.56 Å². The Balaban J connectivity index is 1.87. The van der Waals surface area contributed by atoms with Gasteiger partial charge >= 0.3 is 0 Å². The minimum atomic E-state index is -0.470. The minimum absolute atomic E-state index is 0.208. The van der Waals surface area contributed by atoms with E-state index >= 15 is 0 Å². The zero-order valence-corrected chi connectivity index (χ0v) is 7.93. The van der Waals surface area contributed by atoms with E-state index in [-0.39, 0.29) is 6.29 Å². The molecular formula is C11H14O3. The van der Waals surface area contributed by atoms with Crippen LogP contribution in [0.1, 0.15) is 5.56 Å². The van der Waals surface area contributed by atoms with E-state index in [1.165, 1.54) is 5.56 Å². The third kappa shape index (κ3) is 2.54. The Kier molecular flexibility index (Phi) is 3.14. The fraction of sp³-hybridized carbons (Fsp3) is 0.455. The monoisotopic (exact) mass is 194 g/mol. The van der Waals surface area contributed by atoms with Crippen molar-refractivity contribution in [3.63, 3.8) is 0 Å². The Hall–Kier alpha value is -0.900. The summed E-state index contributed by atoms with van der Waals surface area (Å²) in [6.07, 6.45) is 0.0657. The zero-order valence-electron chi connectivity index (χ0n) is 7.93. The zero-order chi connectivity index (χ0) is 9.80. The molecule has 0 spiro atoms. The van der Waals surface area contributed by atoms with Crippen molar-refractivity contribution in [3.05, 3.63) is 35.9 Å². The average Bonchev–Trinajstić information content (AvgIpc) is 2.23. The standard InChI is InChI=1S/C11H14O3/c12-10-7-13-11(14-8-10)6-9-4-2-1-3-5-9/h1-5,10-12H,6-8H2/t10-,11-. The van der Waals surface area contributed by atoms with Crippen molar-refractivity contribution in [3.8, 4) is 0 Å². The van der Waals surface area contributed by atoms with Gasteiger partial charge in [0.2, 0.25) is 0 Å². The number of rotatable bonds is 2. The first-order chi connectivity index (χ1) is 6.84. The van der Waals surface area contributed by atoms with Gasteiger partial charge in [-0.1, -0.05) is 30.3 Å². The molecule has 1 saturated heterocycles. The summed E-state index contributed by atoms with van der Waals surface area (Å²) in [4.78, 5) is 0. The Morgan fingerprint density at radius 3 is 2.43 bits per heavy atom. The van der Waals surface area contributed by atoms with Crippen LogP contribution in [0.2, 0.25) is 0 Å². The van der Waals surface area contributed by atoms with Gasteiger partial charge in [-0.25, -0.2) is 0 Å². The van der Waals surface area contributed by atoms with E-state index in [1.54, 1.807) is 0 Å². The molecule has 0 amide bonds. The lowest BCUT2D eigenvalue weighted by Gasteiger charge is -2.26. The molecule has 1 aromatic carbocycles. The summed E-state index contributed by atoms with van der Waals surface area (Å²) in [5.41, 5.74) is 1.19. The van der Waals surface area contributed by atoms with E-state index in [2.05, 4.69) is 0 Å². The third-order valence-electron chi connectivity index (χ3n) is 2.19. The quantitative estimate of drug-likeness (QED) is 0.762. The highest BCUT2D eigenvalue weighted by atomic mass is 16.7. The molecule has 0 aliphatic carbocycles. The topological polar surface area (TPSA) is 38.7 Å². The van der Waals surface area contributed by atoms with Crippen molar-refractivity contribution >= 4 is 0 Å². The molecule has 1 aliphatic rings. The minimum Gasteiger partial charge on any atom is -0.388 e. The molecule has 0 unspecified atom stereocenters. The lowest BCUT2D eigenvalue weighted by Crippen LogP contribution is -2.36. The fourth-order valence-corrected chi connectivity index (χ4v) is 1.46. The Morgan fingerprint density at radius 2 is 1.79 bits per heavy atom. The summed E-state index contributed by atoms with van der Waals surface area (Å²) < 4.78 is 10.6. The van der Waals surface area contributed by atoms with Gasteiger partial charge in [0.25, 0.3) is 0 Å². The molecule has 0 radical (unpaired) electrons. The summed E-state index contributed by atoms with van der Waals surface area (Å²) in [6.45, 7) is 0.745. The maximum absolute atomic E-state index is 9.14. The summed E-state index contributed by atoms with van der Waals surface area (Å²) in [5.74, 6) is 0. The highest BCUT2D eigenvalue weighted by Gasteiger charge is 2.20. The van der Waals surface area contributed by atoms with Gasteiger partial charge in [-0.3, -0.25) is 0 Å². The fourth-order valence-electron chi connectivity index (χ4n) is 1.46. The SMILES string of the molecule is O[C@H]1CO[C@H](Cc2ccccc2)OC1. The molecule has 3 heteroatoms. The van der Waals surface area contributed by atoms with E-state index in [9.17, 15) is 0 Å². The van der Waals surface area contributed by atoms with Crippen molar-refractivity contribution in [2.45, 2.75) is 18.8 Å². The van der Waals surface area contributed by atoms with Gasteiger partial charge < -0.3 is 14.6 Å². The van der Waals surface area contributed by atoms with Crippen LogP contribution in [-0.4, -0.2) is 30.7 Å². The van der Waals surface area contributed by atoms with Crippen LogP contribution in [0, 0.1) is 0 Å². The third-order valence-corrected chi connectivity index (χ3v) is 2.19. The van der Waals surface area contributed by atoms with Gasteiger partial charge in [0.05, 0.1) is 13.2 Å². The second-order valence-electron chi connectivity index (χ2n) is 3.44. The predicted molar refractivity (Wildman–Crippen MR) is 51.8 cm³/mol. The number of aliphatic hydroxyl groups excluding tert-OH is 1. The van der Waals surface area contributed by atoms with Gasteiger partial charge in [-0.15, -0.1) is 0 Å². The summed E-state index contributed by atoms with van der Waals surface area (Å²) in [6, 6.07) is 10.0. The number of benzene rings is 1. The largest absolute Gasteiger partial charge is 0.388 e. The average molecular weight is 194 g/mol. The van der Waals surface area contributed by atoms with Crippen molar-refractivity contribution in [2.24, 2.45) is 0 Å². The molecule has 1 aliphatic heterocycles. The van der Waals surface area contributed by atoms with Crippen molar-refractivity contribution in [1.29, 1.82) is 0 Å².